The van der Waals surface area contributed by atoms with Gasteiger partial charge in [0, 0.05) is 12.1 Å². The lowest BCUT2D eigenvalue weighted by molar-refractivity contribution is -0.123. The number of nitrogens with one attached hydrogen (secondary N) is 4. The fourth-order valence-corrected chi connectivity index (χ4v) is 3.14. The fourth-order valence-electron chi connectivity index (χ4n) is 3.14. The normalized spacial score (nSPS) is 26.6. The second-order valence-corrected chi connectivity index (χ2v) is 6.53. The Morgan fingerprint density at radius 1 is 1.29 bits per heavy atom. The van der Waals surface area contributed by atoms with Gasteiger partial charge >= 0.3 is 6.03 Å². The molecule has 2 saturated heterocycles. The van der Waals surface area contributed by atoms with Crippen molar-refractivity contribution in [1.82, 2.24) is 21.3 Å². The molecule has 2 fully saturated rings. The van der Waals surface area contributed by atoms with Crippen molar-refractivity contribution in [3.05, 3.63) is 35.4 Å². The van der Waals surface area contributed by atoms with E-state index >= 15 is 0 Å². The van der Waals surface area contributed by atoms with Crippen LogP contribution < -0.4 is 21.3 Å². The van der Waals surface area contributed by atoms with Crippen molar-refractivity contribution in [3.8, 4) is 0 Å². The van der Waals surface area contributed by atoms with Gasteiger partial charge in [0.15, 0.2) is 0 Å². The second kappa shape index (κ2) is 6.60. The quantitative estimate of drug-likeness (QED) is 0.603. The molecule has 0 saturated carbocycles. The number of imide groups is 1. The fraction of sp³-hybridized carbons (Fsp3) is 0.471. The van der Waals surface area contributed by atoms with Crippen LogP contribution in [0.5, 0.6) is 0 Å². The van der Waals surface area contributed by atoms with Gasteiger partial charge in [-0.05, 0) is 56.5 Å². The van der Waals surface area contributed by atoms with E-state index in [0.717, 1.165) is 25.9 Å². The molecular weight excluding hydrogens is 308 g/mol. The minimum Gasteiger partial charge on any atom is -0.352 e. The molecule has 2 atom stereocenters. The monoisotopic (exact) mass is 330 g/mol. The molecule has 4 amide bonds. The zero-order chi connectivity index (χ0) is 17.2. The number of hydrogen-bond donors (Lipinski definition) is 4. The highest BCUT2D eigenvalue weighted by Crippen LogP contribution is 2.24. The van der Waals surface area contributed by atoms with E-state index < -0.39 is 17.5 Å². The summed E-state index contributed by atoms with van der Waals surface area (Å²) in [6, 6.07) is 6.23. The highest BCUT2D eigenvalue weighted by Gasteiger charge is 2.43. The van der Waals surface area contributed by atoms with Crippen LogP contribution in [-0.4, -0.2) is 37.5 Å². The van der Waals surface area contributed by atoms with Crippen LogP contribution >= 0.6 is 0 Å². The number of carbonyl (C=O) groups is 3. The van der Waals surface area contributed by atoms with Gasteiger partial charge in [0.1, 0.15) is 5.54 Å². The molecule has 2 heterocycles. The predicted octanol–water partition coefficient (Wildman–Crippen LogP) is 0.471. The first-order chi connectivity index (χ1) is 11.5. The van der Waals surface area contributed by atoms with E-state index in [-0.39, 0.29) is 5.91 Å². The van der Waals surface area contributed by atoms with Crippen LogP contribution in [0.2, 0.25) is 0 Å². The van der Waals surface area contributed by atoms with Crippen molar-refractivity contribution >= 4 is 17.8 Å². The van der Waals surface area contributed by atoms with Gasteiger partial charge < -0.3 is 16.0 Å². The van der Waals surface area contributed by atoms with Crippen LogP contribution in [0.3, 0.4) is 0 Å². The molecule has 1 aromatic carbocycles. The maximum Gasteiger partial charge on any atom is 0.322 e. The third-order valence-electron chi connectivity index (χ3n) is 4.72. The third-order valence-corrected chi connectivity index (χ3v) is 4.72. The Kier molecular flexibility index (Phi) is 4.53. The summed E-state index contributed by atoms with van der Waals surface area (Å²) in [7, 11) is 0. The topological polar surface area (TPSA) is 99.3 Å². The van der Waals surface area contributed by atoms with Gasteiger partial charge in [0.05, 0.1) is 0 Å². The molecule has 2 aliphatic heterocycles. The maximum atomic E-state index is 12.2. The Bertz CT molecular complexity index is 652. The van der Waals surface area contributed by atoms with E-state index in [1.165, 1.54) is 0 Å². The second-order valence-electron chi connectivity index (χ2n) is 6.53. The van der Waals surface area contributed by atoms with E-state index in [1.807, 2.05) is 0 Å². The summed E-state index contributed by atoms with van der Waals surface area (Å²) in [4.78, 5) is 35.5. The Morgan fingerprint density at radius 2 is 2.04 bits per heavy atom. The Balaban J connectivity index is 1.62. The number of benzene rings is 1. The minimum absolute atomic E-state index is 0.128. The molecule has 4 N–H and O–H groups in total. The number of urea groups is 1. The van der Waals surface area contributed by atoms with Gasteiger partial charge in [-0.2, -0.15) is 0 Å². The molecular formula is C17H22N4O3. The van der Waals surface area contributed by atoms with Crippen LogP contribution in [0.1, 0.15) is 35.7 Å². The van der Waals surface area contributed by atoms with Crippen molar-refractivity contribution in [2.75, 3.05) is 19.6 Å². The van der Waals surface area contributed by atoms with Crippen molar-refractivity contribution < 1.29 is 14.4 Å². The minimum atomic E-state index is -1.10. The zero-order valence-corrected chi connectivity index (χ0v) is 13.6. The van der Waals surface area contributed by atoms with E-state index in [1.54, 1.807) is 31.2 Å². The number of amides is 4. The van der Waals surface area contributed by atoms with Gasteiger partial charge in [-0.25, -0.2) is 4.79 Å². The summed E-state index contributed by atoms with van der Waals surface area (Å²) >= 11 is 0. The molecule has 0 aliphatic carbocycles. The lowest BCUT2D eigenvalue weighted by Crippen LogP contribution is -2.40. The molecule has 3 rings (SSSR count). The predicted molar refractivity (Wildman–Crippen MR) is 88.4 cm³/mol. The van der Waals surface area contributed by atoms with E-state index in [2.05, 4.69) is 21.3 Å². The highest BCUT2D eigenvalue weighted by atomic mass is 16.2. The van der Waals surface area contributed by atoms with Crippen LogP contribution in [0, 0.1) is 5.92 Å². The van der Waals surface area contributed by atoms with Gasteiger partial charge in [0.25, 0.3) is 11.8 Å². The van der Waals surface area contributed by atoms with Crippen LogP contribution in [0.15, 0.2) is 24.3 Å². The van der Waals surface area contributed by atoms with Crippen LogP contribution in [-0.2, 0) is 10.3 Å². The first-order valence-corrected chi connectivity index (χ1v) is 8.22. The van der Waals surface area contributed by atoms with Gasteiger partial charge in [-0.15, -0.1) is 0 Å². The highest BCUT2D eigenvalue weighted by molar-refractivity contribution is 6.07. The zero-order valence-electron chi connectivity index (χ0n) is 13.6. The smallest absolute Gasteiger partial charge is 0.322 e. The maximum absolute atomic E-state index is 12.2. The Labute approximate surface area is 140 Å². The SMILES string of the molecule is CC1(c2ccc(C(=O)NCC3CCCNC3)cc2)NC(=O)NC1=O. The molecule has 2 aliphatic rings. The molecule has 24 heavy (non-hydrogen) atoms. The van der Waals surface area contributed by atoms with Crippen molar-refractivity contribution in [2.45, 2.75) is 25.3 Å². The number of piperidine rings is 1. The molecule has 0 bridgehead atoms. The molecule has 0 radical (unpaired) electrons. The molecule has 7 heteroatoms. The summed E-state index contributed by atoms with van der Waals surface area (Å²) in [5.41, 5.74) is 0.0783. The van der Waals surface area contributed by atoms with E-state index in [0.29, 0.717) is 23.6 Å². The summed E-state index contributed by atoms with van der Waals surface area (Å²) in [5, 5.41) is 11.1. The summed E-state index contributed by atoms with van der Waals surface area (Å²) in [6.07, 6.45) is 2.26. The summed E-state index contributed by atoms with van der Waals surface area (Å²) in [5.74, 6) is -0.0510. The molecule has 128 valence electrons. The Morgan fingerprint density at radius 3 is 2.62 bits per heavy atom. The van der Waals surface area contributed by atoms with Gasteiger partial charge in [-0.1, -0.05) is 12.1 Å². The van der Waals surface area contributed by atoms with Crippen LogP contribution in [0.4, 0.5) is 4.79 Å². The standard InChI is InChI=1S/C17H22N4O3/c1-17(15(23)20-16(24)21-17)13-6-4-12(5-7-13)14(22)19-10-11-3-2-8-18-9-11/h4-7,11,18H,2-3,8-10H2,1H3,(H,19,22)(H2,20,21,23,24). The summed E-state index contributed by atoms with van der Waals surface area (Å²) < 4.78 is 0. The number of rotatable bonds is 4. The Hall–Kier alpha value is -2.41. The third kappa shape index (κ3) is 3.26. The van der Waals surface area contributed by atoms with E-state index in [9.17, 15) is 14.4 Å². The summed E-state index contributed by atoms with van der Waals surface area (Å²) in [6.45, 7) is 4.28. The van der Waals surface area contributed by atoms with Crippen molar-refractivity contribution in [2.24, 2.45) is 5.92 Å². The number of carbonyl (C=O) groups excluding carboxylic acids is 3. The largest absolute Gasteiger partial charge is 0.352 e. The van der Waals surface area contributed by atoms with Crippen molar-refractivity contribution in [3.63, 3.8) is 0 Å². The first-order valence-electron chi connectivity index (χ1n) is 8.22. The molecule has 0 aromatic heterocycles. The molecule has 0 spiro atoms. The van der Waals surface area contributed by atoms with Crippen molar-refractivity contribution in [1.29, 1.82) is 0 Å². The average Bonchev–Trinajstić information content (AvgIpc) is 2.87. The molecule has 7 nitrogen and oxygen atoms in total. The lowest BCUT2D eigenvalue weighted by Gasteiger charge is -2.23. The molecule has 2 unspecified atom stereocenters. The van der Waals surface area contributed by atoms with E-state index in [4.69, 9.17) is 0 Å². The van der Waals surface area contributed by atoms with Gasteiger partial charge in [-0.3, -0.25) is 14.9 Å². The van der Waals surface area contributed by atoms with Crippen LogP contribution in [0.25, 0.3) is 0 Å². The molecule has 1 aromatic rings. The number of hydrogen-bond acceptors (Lipinski definition) is 4. The first kappa shape index (κ1) is 16.4. The van der Waals surface area contributed by atoms with Gasteiger partial charge in [0.2, 0.25) is 0 Å². The average molecular weight is 330 g/mol. The lowest BCUT2D eigenvalue weighted by atomic mass is 9.91.